The topological polar surface area (TPSA) is 37.3 Å². The number of rotatable bonds is 2. The summed E-state index contributed by atoms with van der Waals surface area (Å²) < 4.78 is 14.1. The lowest BCUT2D eigenvalue weighted by atomic mass is 10.1. The summed E-state index contributed by atoms with van der Waals surface area (Å²) in [5.41, 5.74) is 0.519. The first-order valence-corrected chi connectivity index (χ1v) is 5.52. The predicted octanol–water partition coefficient (Wildman–Crippen LogP) is 2.66. The molecule has 1 N–H and O–H groups in total. The van der Waals surface area contributed by atoms with E-state index in [1.165, 1.54) is 0 Å². The first-order valence-electron chi connectivity index (χ1n) is 3.36. The summed E-state index contributed by atoms with van der Waals surface area (Å²) in [6.07, 6.45) is -0.133. The SMILES string of the molecule is O=C(O)Cc1ccc(I)c(F)c1I. The van der Waals surface area contributed by atoms with Crippen LogP contribution in [0.1, 0.15) is 5.56 Å². The van der Waals surface area contributed by atoms with Crippen molar-refractivity contribution in [2.24, 2.45) is 0 Å². The Hall–Kier alpha value is 0.0800. The molecule has 0 aliphatic rings. The molecule has 0 heterocycles. The molecule has 0 aromatic heterocycles. The molecule has 0 atom stereocenters. The second kappa shape index (κ2) is 4.54. The maximum atomic E-state index is 13.2. The highest BCUT2D eigenvalue weighted by Gasteiger charge is 2.11. The van der Waals surface area contributed by atoms with Gasteiger partial charge < -0.3 is 5.11 Å². The Balaban J connectivity index is 3.10. The average Bonchev–Trinajstić information content (AvgIpc) is 2.06. The van der Waals surface area contributed by atoms with Gasteiger partial charge >= 0.3 is 5.97 Å². The predicted molar refractivity (Wildman–Crippen MR) is 63.2 cm³/mol. The van der Waals surface area contributed by atoms with Crippen LogP contribution in [-0.4, -0.2) is 11.1 Å². The van der Waals surface area contributed by atoms with Gasteiger partial charge in [-0.05, 0) is 56.8 Å². The third kappa shape index (κ3) is 2.76. The zero-order chi connectivity index (χ0) is 10.0. The number of benzene rings is 1. The van der Waals surface area contributed by atoms with Crippen LogP contribution in [0, 0.1) is 13.0 Å². The molecule has 0 spiro atoms. The molecule has 0 radical (unpaired) electrons. The number of carboxylic acid groups (broad SMARTS) is 1. The molecule has 0 aliphatic carbocycles. The lowest BCUT2D eigenvalue weighted by Gasteiger charge is -2.03. The van der Waals surface area contributed by atoms with Crippen molar-refractivity contribution in [2.75, 3.05) is 0 Å². The fourth-order valence-corrected chi connectivity index (χ4v) is 2.49. The molecule has 13 heavy (non-hydrogen) atoms. The van der Waals surface area contributed by atoms with Crippen LogP contribution in [0.4, 0.5) is 4.39 Å². The fraction of sp³-hybridized carbons (Fsp3) is 0.125. The summed E-state index contributed by atoms with van der Waals surface area (Å²) >= 11 is 3.69. The van der Waals surface area contributed by atoms with Gasteiger partial charge in [-0.2, -0.15) is 0 Å². The maximum Gasteiger partial charge on any atom is 0.307 e. The van der Waals surface area contributed by atoms with Gasteiger partial charge in [0, 0.05) is 3.57 Å². The third-order valence-electron chi connectivity index (χ3n) is 1.46. The molecule has 5 heteroatoms. The van der Waals surface area contributed by atoms with E-state index in [1.807, 2.05) is 45.2 Å². The van der Waals surface area contributed by atoms with Crippen molar-refractivity contribution in [3.05, 3.63) is 30.7 Å². The summed E-state index contributed by atoms with van der Waals surface area (Å²) in [4.78, 5) is 10.4. The number of carbonyl (C=O) groups is 1. The van der Waals surface area contributed by atoms with Crippen molar-refractivity contribution in [2.45, 2.75) is 6.42 Å². The van der Waals surface area contributed by atoms with Crippen LogP contribution >= 0.6 is 45.2 Å². The standard InChI is InChI=1S/C8H5FI2O2/c9-7-5(10)2-1-4(8(7)11)3-6(12)13/h1-2H,3H2,(H,12,13). The van der Waals surface area contributed by atoms with Gasteiger partial charge in [0.05, 0.1) is 9.99 Å². The first-order chi connectivity index (χ1) is 6.02. The Morgan fingerprint density at radius 1 is 1.46 bits per heavy atom. The summed E-state index contributed by atoms with van der Waals surface area (Å²) in [6.45, 7) is 0. The van der Waals surface area contributed by atoms with Gasteiger partial charge in [0.25, 0.3) is 0 Å². The second-order valence-electron chi connectivity index (χ2n) is 2.40. The van der Waals surface area contributed by atoms with Crippen molar-refractivity contribution in [1.82, 2.24) is 0 Å². The molecule has 1 aromatic carbocycles. The number of aliphatic carboxylic acids is 1. The smallest absolute Gasteiger partial charge is 0.307 e. The van der Waals surface area contributed by atoms with Gasteiger partial charge in [-0.3, -0.25) is 4.79 Å². The van der Waals surface area contributed by atoms with Crippen LogP contribution in [-0.2, 0) is 11.2 Å². The number of hydrogen-bond donors (Lipinski definition) is 1. The fourth-order valence-electron chi connectivity index (χ4n) is 0.865. The molecule has 0 bridgehead atoms. The van der Waals surface area contributed by atoms with Crippen molar-refractivity contribution in [3.8, 4) is 0 Å². The van der Waals surface area contributed by atoms with E-state index in [4.69, 9.17) is 5.11 Å². The zero-order valence-corrected chi connectivity index (χ0v) is 10.7. The van der Waals surface area contributed by atoms with Crippen molar-refractivity contribution < 1.29 is 14.3 Å². The monoisotopic (exact) mass is 406 g/mol. The minimum atomic E-state index is -0.946. The van der Waals surface area contributed by atoms with Gasteiger partial charge in [0.2, 0.25) is 0 Å². The normalized spacial score (nSPS) is 10.1. The van der Waals surface area contributed by atoms with E-state index < -0.39 is 5.97 Å². The molecule has 0 saturated heterocycles. The Labute approximate surface area is 102 Å². The van der Waals surface area contributed by atoms with Crippen LogP contribution in [0.2, 0.25) is 0 Å². The van der Waals surface area contributed by atoms with Crippen LogP contribution < -0.4 is 0 Å². The van der Waals surface area contributed by atoms with Crippen LogP contribution in [0.15, 0.2) is 12.1 Å². The lowest BCUT2D eigenvalue weighted by Crippen LogP contribution is -2.04. The quantitative estimate of drug-likeness (QED) is 0.606. The first kappa shape index (κ1) is 11.2. The van der Waals surface area contributed by atoms with Crippen molar-refractivity contribution in [3.63, 3.8) is 0 Å². The highest BCUT2D eigenvalue weighted by molar-refractivity contribution is 14.1. The summed E-state index contributed by atoms with van der Waals surface area (Å²) in [6, 6.07) is 3.22. The number of halogens is 3. The molecule has 2 nitrogen and oxygen atoms in total. The Morgan fingerprint density at radius 3 is 2.62 bits per heavy atom. The summed E-state index contributed by atoms with van der Waals surface area (Å²) in [5, 5.41) is 8.52. The van der Waals surface area contributed by atoms with Crippen molar-refractivity contribution >= 4 is 51.2 Å². The van der Waals surface area contributed by atoms with Gasteiger partial charge in [-0.1, -0.05) is 6.07 Å². The van der Waals surface area contributed by atoms with E-state index in [0.717, 1.165) is 0 Å². The minimum Gasteiger partial charge on any atom is -0.481 e. The number of carboxylic acids is 1. The maximum absolute atomic E-state index is 13.2. The molecule has 70 valence electrons. The zero-order valence-electron chi connectivity index (χ0n) is 6.35. The molecule has 1 rings (SSSR count). The van der Waals surface area contributed by atoms with Crippen LogP contribution in [0.25, 0.3) is 0 Å². The van der Waals surface area contributed by atoms with Gasteiger partial charge in [0.15, 0.2) is 0 Å². The summed E-state index contributed by atoms with van der Waals surface area (Å²) in [5.74, 6) is -1.28. The Kier molecular flexibility index (Phi) is 3.89. The molecule has 0 unspecified atom stereocenters. The molecule has 0 fully saturated rings. The van der Waals surface area contributed by atoms with E-state index in [0.29, 0.717) is 12.7 Å². The third-order valence-corrected chi connectivity index (χ3v) is 3.46. The highest BCUT2D eigenvalue weighted by atomic mass is 127. The van der Waals surface area contributed by atoms with Crippen LogP contribution in [0.3, 0.4) is 0 Å². The van der Waals surface area contributed by atoms with E-state index in [2.05, 4.69) is 0 Å². The second-order valence-corrected chi connectivity index (χ2v) is 4.65. The molecule has 1 aromatic rings. The Bertz CT molecular complexity index is 352. The van der Waals surface area contributed by atoms with E-state index in [1.54, 1.807) is 12.1 Å². The molecular weight excluding hydrogens is 401 g/mol. The van der Waals surface area contributed by atoms with Gasteiger partial charge in [0.1, 0.15) is 5.82 Å². The lowest BCUT2D eigenvalue weighted by molar-refractivity contribution is -0.136. The largest absolute Gasteiger partial charge is 0.481 e. The van der Waals surface area contributed by atoms with Gasteiger partial charge in [-0.25, -0.2) is 4.39 Å². The van der Waals surface area contributed by atoms with E-state index in [-0.39, 0.29) is 12.2 Å². The molecule has 0 aliphatic heterocycles. The highest BCUT2D eigenvalue weighted by Crippen LogP contribution is 2.21. The number of hydrogen-bond acceptors (Lipinski definition) is 1. The van der Waals surface area contributed by atoms with Gasteiger partial charge in [-0.15, -0.1) is 0 Å². The van der Waals surface area contributed by atoms with E-state index in [9.17, 15) is 9.18 Å². The molecule has 0 amide bonds. The summed E-state index contributed by atoms with van der Waals surface area (Å²) in [7, 11) is 0. The van der Waals surface area contributed by atoms with E-state index >= 15 is 0 Å². The van der Waals surface area contributed by atoms with Crippen LogP contribution in [0.5, 0.6) is 0 Å². The molecular formula is C8H5FI2O2. The molecule has 0 saturated carbocycles. The van der Waals surface area contributed by atoms with Crippen molar-refractivity contribution in [1.29, 1.82) is 0 Å². The Morgan fingerprint density at radius 2 is 2.08 bits per heavy atom. The average molecular weight is 406 g/mol. The minimum absolute atomic E-state index is 0.133.